The van der Waals surface area contributed by atoms with Gasteiger partial charge in [-0.1, -0.05) is 42.0 Å². The van der Waals surface area contributed by atoms with Crippen LogP contribution in [0.3, 0.4) is 0 Å². The molecule has 5 nitrogen and oxygen atoms in total. The van der Waals surface area contributed by atoms with Gasteiger partial charge in [-0.05, 0) is 43.3 Å². The number of para-hydroxylation sites is 4. The van der Waals surface area contributed by atoms with Crippen molar-refractivity contribution in [2.24, 2.45) is 0 Å². The highest BCUT2D eigenvalue weighted by molar-refractivity contribution is 7.90. The summed E-state index contributed by atoms with van der Waals surface area (Å²) in [5.74, 6) is 0.396. The number of aryl methyl sites for hydroxylation is 1. The minimum absolute atomic E-state index is 0.249. The molecule has 0 aliphatic heterocycles. The summed E-state index contributed by atoms with van der Waals surface area (Å²) in [6, 6.07) is 22.0. The predicted octanol–water partition coefficient (Wildman–Crippen LogP) is 3.99. The maximum Gasteiger partial charge on any atom is 0.271 e. The zero-order chi connectivity index (χ0) is 17.9. The number of rotatable bonds is 2. The zero-order valence-electron chi connectivity index (χ0n) is 14.0. The van der Waals surface area contributed by atoms with Crippen LogP contribution in [0.4, 0.5) is 0 Å². The topological polar surface area (TPSA) is 56.4 Å². The van der Waals surface area contributed by atoms with Crippen LogP contribution in [0.5, 0.6) is 0 Å². The van der Waals surface area contributed by atoms with Crippen molar-refractivity contribution < 1.29 is 8.42 Å². The molecule has 128 valence electrons. The molecule has 6 heteroatoms. The quantitative estimate of drug-likeness (QED) is 0.478. The van der Waals surface area contributed by atoms with E-state index in [-0.39, 0.29) is 4.90 Å². The van der Waals surface area contributed by atoms with Crippen molar-refractivity contribution in [1.29, 1.82) is 0 Å². The van der Waals surface area contributed by atoms with Crippen LogP contribution in [0.25, 0.3) is 27.8 Å². The molecule has 5 rings (SSSR count). The molecule has 5 aromatic rings. The highest BCUT2D eigenvalue weighted by Gasteiger charge is 2.25. The third-order valence-corrected chi connectivity index (χ3v) is 6.33. The number of imidazole rings is 2. The van der Waals surface area contributed by atoms with E-state index >= 15 is 0 Å². The van der Waals surface area contributed by atoms with E-state index in [0.29, 0.717) is 11.3 Å². The van der Waals surface area contributed by atoms with Crippen LogP contribution < -0.4 is 0 Å². The molecule has 0 aliphatic rings. The number of aromatic nitrogens is 3. The maximum atomic E-state index is 13.4. The van der Waals surface area contributed by atoms with Crippen molar-refractivity contribution in [3.05, 3.63) is 78.4 Å². The standard InChI is InChI=1S/C20H15N3O2S/c1-14-10-12-15(13-11-14)26(24,25)23-19-9-5-4-8-18(19)22-17-7-3-2-6-16(17)21-20(22)23/h2-13H,1H3. The molecular formula is C20H15N3O2S. The largest absolute Gasteiger partial charge is 0.275 e. The second kappa shape index (κ2) is 5.19. The summed E-state index contributed by atoms with van der Waals surface area (Å²) < 4.78 is 30.1. The van der Waals surface area contributed by atoms with Crippen LogP contribution in [0.1, 0.15) is 5.56 Å². The van der Waals surface area contributed by atoms with Gasteiger partial charge in [0, 0.05) is 0 Å². The van der Waals surface area contributed by atoms with Gasteiger partial charge in [0.25, 0.3) is 10.0 Å². The van der Waals surface area contributed by atoms with Crippen molar-refractivity contribution in [1.82, 2.24) is 13.4 Å². The molecule has 0 N–H and O–H groups in total. The molecule has 0 amide bonds. The van der Waals surface area contributed by atoms with Crippen LogP contribution in [0.2, 0.25) is 0 Å². The first-order chi connectivity index (χ1) is 12.6. The van der Waals surface area contributed by atoms with Crippen molar-refractivity contribution in [2.45, 2.75) is 11.8 Å². The van der Waals surface area contributed by atoms with Gasteiger partial charge in [-0.25, -0.2) is 13.4 Å². The summed E-state index contributed by atoms with van der Waals surface area (Å²) in [6.45, 7) is 1.93. The van der Waals surface area contributed by atoms with E-state index in [2.05, 4.69) is 4.98 Å². The smallest absolute Gasteiger partial charge is 0.271 e. The monoisotopic (exact) mass is 361 g/mol. The van der Waals surface area contributed by atoms with E-state index in [1.807, 2.05) is 59.9 Å². The highest BCUT2D eigenvalue weighted by atomic mass is 32.2. The second-order valence-corrected chi connectivity index (χ2v) is 8.09. The van der Waals surface area contributed by atoms with Crippen molar-refractivity contribution in [3.8, 4) is 0 Å². The lowest BCUT2D eigenvalue weighted by atomic mass is 10.2. The molecule has 0 fully saturated rings. The molecule has 3 aromatic carbocycles. The van der Waals surface area contributed by atoms with Crippen LogP contribution in [0, 0.1) is 6.92 Å². The van der Waals surface area contributed by atoms with Gasteiger partial charge in [0.2, 0.25) is 5.78 Å². The van der Waals surface area contributed by atoms with Crippen molar-refractivity contribution in [2.75, 3.05) is 0 Å². The van der Waals surface area contributed by atoms with E-state index in [0.717, 1.165) is 22.1 Å². The molecule has 26 heavy (non-hydrogen) atoms. The van der Waals surface area contributed by atoms with E-state index < -0.39 is 10.0 Å². The Balaban J connectivity index is 1.96. The minimum Gasteiger partial charge on any atom is -0.275 e. The molecule has 0 saturated heterocycles. The second-order valence-electron chi connectivity index (χ2n) is 6.31. The van der Waals surface area contributed by atoms with Crippen LogP contribution >= 0.6 is 0 Å². The van der Waals surface area contributed by atoms with E-state index in [1.165, 1.54) is 3.97 Å². The summed E-state index contributed by atoms with van der Waals surface area (Å²) in [4.78, 5) is 4.86. The fraction of sp³-hybridized carbons (Fsp3) is 0.0500. The first kappa shape index (κ1) is 15.2. The summed E-state index contributed by atoms with van der Waals surface area (Å²) in [7, 11) is -3.78. The summed E-state index contributed by atoms with van der Waals surface area (Å²) >= 11 is 0. The molecule has 0 spiro atoms. The van der Waals surface area contributed by atoms with Gasteiger partial charge in [0.1, 0.15) is 0 Å². The summed E-state index contributed by atoms with van der Waals surface area (Å²) in [6.07, 6.45) is 0. The Labute approximate surface area is 150 Å². The fourth-order valence-corrected chi connectivity index (χ4v) is 4.81. The summed E-state index contributed by atoms with van der Waals surface area (Å²) in [5, 5.41) is 0. The van der Waals surface area contributed by atoms with E-state index in [4.69, 9.17) is 0 Å². The molecule has 0 aliphatic carbocycles. The maximum absolute atomic E-state index is 13.4. The lowest BCUT2D eigenvalue weighted by Gasteiger charge is -2.07. The Bertz CT molecular complexity index is 1390. The molecule has 0 atom stereocenters. The molecule has 0 unspecified atom stereocenters. The summed E-state index contributed by atoms with van der Waals surface area (Å²) in [5.41, 5.74) is 4.09. The third kappa shape index (κ3) is 1.96. The number of hydrogen-bond acceptors (Lipinski definition) is 3. The minimum atomic E-state index is -3.78. The lowest BCUT2D eigenvalue weighted by molar-refractivity contribution is 0.590. The first-order valence-corrected chi connectivity index (χ1v) is 9.70. The molecule has 0 bridgehead atoms. The molecule has 2 heterocycles. The Hall–Kier alpha value is -3.12. The van der Waals surface area contributed by atoms with Crippen molar-refractivity contribution >= 4 is 37.9 Å². The highest BCUT2D eigenvalue weighted by Crippen LogP contribution is 2.29. The van der Waals surface area contributed by atoms with Crippen molar-refractivity contribution in [3.63, 3.8) is 0 Å². The van der Waals surface area contributed by atoms with Gasteiger partial charge in [-0.15, -0.1) is 0 Å². The Kier molecular flexibility index (Phi) is 3.02. The number of benzene rings is 3. The molecule has 0 saturated carbocycles. The normalized spacial score (nSPS) is 12.3. The third-order valence-electron chi connectivity index (χ3n) is 4.63. The average molecular weight is 361 g/mol. The van der Waals surface area contributed by atoms with Gasteiger partial charge in [0.15, 0.2) is 0 Å². The zero-order valence-corrected chi connectivity index (χ0v) is 14.8. The van der Waals surface area contributed by atoms with Gasteiger partial charge in [-0.2, -0.15) is 3.97 Å². The van der Waals surface area contributed by atoms with Gasteiger partial charge >= 0.3 is 0 Å². The number of nitrogens with zero attached hydrogens (tertiary/aromatic N) is 3. The number of fused-ring (bicyclic) bond motifs is 5. The number of hydrogen-bond donors (Lipinski definition) is 0. The van der Waals surface area contributed by atoms with E-state index in [1.54, 1.807) is 24.3 Å². The fourth-order valence-electron chi connectivity index (χ4n) is 3.37. The average Bonchev–Trinajstić information content (AvgIpc) is 3.16. The van der Waals surface area contributed by atoms with Crippen LogP contribution in [-0.4, -0.2) is 21.8 Å². The molecular weight excluding hydrogens is 346 g/mol. The Morgan fingerprint density at radius 2 is 1.38 bits per heavy atom. The van der Waals surface area contributed by atoms with Gasteiger partial charge < -0.3 is 0 Å². The van der Waals surface area contributed by atoms with Gasteiger partial charge in [-0.3, -0.25) is 4.40 Å². The van der Waals surface area contributed by atoms with Crippen LogP contribution in [-0.2, 0) is 10.0 Å². The predicted molar refractivity (Wildman–Crippen MR) is 102 cm³/mol. The molecule has 0 radical (unpaired) electrons. The SMILES string of the molecule is Cc1ccc(S(=O)(=O)n2c3ccccc3n3c4ccccc4nc23)cc1. The van der Waals surface area contributed by atoms with Crippen LogP contribution in [0.15, 0.2) is 77.7 Å². The Morgan fingerprint density at radius 1 is 0.769 bits per heavy atom. The lowest BCUT2D eigenvalue weighted by Crippen LogP contribution is -2.13. The molecule has 2 aromatic heterocycles. The Morgan fingerprint density at radius 3 is 2.12 bits per heavy atom. The van der Waals surface area contributed by atoms with Gasteiger partial charge in [0.05, 0.1) is 27.0 Å². The first-order valence-electron chi connectivity index (χ1n) is 8.26. The van der Waals surface area contributed by atoms with E-state index in [9.17, 15) is 8.42 Å².